The molecule has 0 bridgehead atoms. The van der Waals surface area contributed by atoms with E-state index in [4.69, 9.17) is 27.9 Å². The summed E-state index contributed by atoms with van der Waals surface area (Å²) in [5.74, 6) is -0.184. The summed E-state index contributed by atoms with van der Waals surface area (Å²) in [5.41, 5.74) is 5.02. The van der Waals surface area contributed by atoms with E-state index in [9.17, 15) is 9.59 Å². The second-order valence-corrected chi connectivity index (χ2v) is 6.20. The Morgan fingerprint density at radius 2 is 1.84 bits per heavy atom. The minimum atomic E-state index is -0.575. The molecule has 2 N–H and O–H groups in total. The summed E-state index contributed by atoms with van der Waals surface area (Å²) >= 11 is 11.9. The van der Waals surface area contributed by atoms with E-state index in [2.05, 4.69) is 15.8 Å². The molecule has 128 valence electrons. The Labute approximate surface area is 153 Å². The Morgan fingerprint density at radius 1 is 1.16 bits per heavy atom. The number of ether oxygens (including phenoxy) is 1. The van der Waals surface area contributed by atoms with Gasteiger partial charge in [-0.15, -0.1) is 0 Å². The van der Waals surface area contributed by atoms with Crippen molar-refractivity contribution in [1.29, 1.82) is 0 Å². The third-order valence-corrected chi connectivity index (χ3v) is 3.85. The number of anilines is 1. The summed E-state index contributed by atoms with van der Waals surface area (Å²) in [6.45, 7) is 0.104. The summed E-state index contributed by atoms with van der Waals surface area (Å²) in [5, 5.41) is 7.70. The number of carbonyl (C=O) groups is 2. The Bertz CT molecular complexity index is 830. The van der Waals surface area contributed by atoms with Crippen LogP contribution in [0.15, 0.2) is 47.6 Å². The lowest BCUT2D eigenvalue weighted by Gasteiger charge is -2.13. The van der Waals surface area contributed by atoms with Crippen LogP contribution in [0.2, 0.25) is 10.0 Å². The van der Waals surface area contributed by atoms with Crippen LogP contribution in [0, 0.1) is 0 Å². The van der Waals surface area contributed by atoms with Crippen molar-refractivity contribution in [3.8, 4) is 0 Å². The average molecular weight is 378 g/mol. The largest absolute Gasteiger partial charge is 0.442 e. The van der Waals surface area contributed by atoms with Crippen LogP contribution in [-0.2, 0) is 16.0 Å². The van der Waals surface area contributed by atoms with Gasteiger partial charge in [0, 0.05) is 21.3 Å². The number of nitrogens with zero attached hydrogens (tertiary/aromatic N) is 1. The first-order valence-corrected chi connectivity index (χ1v) is 8.10. The lowest BCUT2D eigenvalue weighted by Crippen LogP contribution is -2.30. The quantitative estimate of drug-likeness (QED) is 0.853. The van der Waals surface area contributed by atoms with Gasteiger partial charge in [-0.3, -0.25) is 4.79 Å². The number of halogens is 2. The first kappa shape index (κ1) is 17.3. The highest BCUT2D eigenvalue weighted by atomic mass is 35.5. The molecule has 0 saturated carbocycles. The number of benzene rings is 2. The fourth-order valence-electron chi connectivity index (χ4n) is 2.31. The monoisotopic (exact) mass is 377 g/mol. The summed E-state index contributed by atoms with van der Waals surface area (Å²) < 4.78 is 4.85. The third kappa shape index (κ3) is 4.71. The Balaban J connectivity index is 1.63. The molecule has 0 unspecified atom stereocenters. The predicted octanol–water partition coefficient (Wildman–Crippen LogP) is 3.62. The van der Waals surface area contributed by atoms with E-state index in [1.807, 2.05) is 0 Å². The smallest absolute Gasteiger partial charge is 0.428 e. The fourth-order valence-corrected chi connectivity index (χ4v) is 2.88. The van der Waals surface area contributed by atoms with Crippen LogP contribution in [-0.4, -0.2) is 24.3 Å². The van der Waals surface area contributed by atoms with Gasteiger partial charge in [0.25, 0.3) is 0 Å². The molecule has 8 heteroatoms. The van der Waals surface area contributed by atoms with Crippen molar-refractivity contribution in [2.75, 3.05) is 11.9 Å². The van der Waals surface area contributed by atoms with Crippen molar-refractivity contribution in [3.63, 3.8) is 0 Å². The zero-order valence-electron chi connectivity index (χ0n) is 12.9. The maximum atomic E-state index is 12.1. The van der Waals surface area contributed by atoms with Gasteiger partial charge in [0.2, 0.25) is 5.91 Å². The maximum absolute atomic E-state index is 12.1. The standard InChI is InChI=1S/C17H13Cl2N3O3/c18-12-5-10(6-13(19)8-12)7-16(23)20-14-3-1-11(2-4-14)15-9-25-17(24)22-21-15/h1-6,8H,7,9H2,(H,20,23)(H,22,24). The Morgan fingerprint density at radius 3 is 2.44 bits per heavy atom. The Kier molecular flexibility index (Phi) is 5.21. The number of carbonyl (C=O) groups excluding carboxylic acids is 2. The van der Waals surface area contributed by atoms with Crippen LogP contribution in [0.4, 0.5) is 10.5 Å². The molecule has 0 aromatic heterocycles. The summed E-state index contributed by atoms with van der Waals surface area (Å²) in [7, 11) is 0. The molecule has 0 fully saturated rings. The average Bonchev–Trinajstić information content (AvgIpc) is 2.55. The molecule has 0 saturated heterocycles. The first-order valence-electron chi connectivity index (χ1n) is 7.34. The third-order valence-electron chi connectivity index (χ3n) is 3.41. The molecule has 6 nitrogen and oxygen atoms in total. The van der Waals surface area contributed by atoms with Gasteiger partial charge in [-0.2, -0.15) is 5.10 Å². The number of nitrogens with one attached hydrogen (secondary N) is 2. The van der Waals surface area contributed by atoms with E-state index in [1.54, 1.807) is 42.5 Å². The topological polar surface area (TPSA) is 79.8 Å². The number of cyclic esters (lactones) is 1. The van der Waals surface area contributed by atoms with E-state index in [1.165, 1.54) is 0 Å². The molecule has 1 heterocycles. The molecule has 1 aliphatic heterocycles. The molecule has 25 heavy (non-hydrogen) atoms. The highest BCUT2D eigenvalue weighted by Gasteiger charge is 2.14. The van der Waals surface area contributed by atoms with Crippen molar-refractivity contribution in [3.05, 3.63) is 63.6 Å². The van der Waals surface area contributed by atoms with Crippen LogP contribution in [0.5, 0.6) is 0 Å². The fraction of sp³-hybridized carbons (Fsp3) is 0.118. The lowest BCUT2D eigenvalue weighted by atomic mass is 10.1. The van der Waals surface area contributed by atoms with Crippen molar-refractivity contribution >= 4 is 46.6 Å². The van der Waals surface area contributed by atoms with Crippen molar-refractivity contribution < 1.29 is 14.3 Å². The van der Waals surface area contributed by atoms with Gasteiger partial charge in [0.1, 0.15) is 12.3 Å². The second-order valence-electron chi connectivity index (χ2n) is 5.33. The number of rotatable bonds is 4. The van der Waals surface area contributed by atoms with Crippen LogP contribution < -0.4 is 10.7 Å². The van der Waals surface area contributed by atoms with Crippen LogP contribution >= 0.6 is 23.2 Å². The van der Waals surface area contributed by atoms with E-state index in [0.29, 0.717) is 21.4 Å². The van der Waals surface area contributed by atoms with Gasteiger partial charge in [-0.05, 0) is 35.9 Å². The highest BCUT2D eigenvalue weighted by molar-refractivity contribution is 6.34. The van der Waals surface area contributed by atoms with Gasteiger partial charge in [-0.1, -0.05) is 35.3 Å². The predicted molar refractivity (Wildman–Crippen MR) is 96.3 cm³/mol. The Hall–Kier alpha value is -2.57. The van der Waals surface area contributed by atoms with E-state index >= 15 is 0 Å². The zero-order valence-corrected chi connectivity index (χ0v) is 14.4. The van der Waals surface area contributed by atoms with Gasteiger partial charge < -0.3 is 10.1 Å². The number of hydrogen-bond donors (Lipinski definition) is 2. The number of hydrazone groups is 1. The molecule has 2 amide bonds. The first-order chi connectivity index (χ1) is 12.0. The van der Waals surface area contributed by atoms with Crippen molar-refractivity contribution in [1.82, 2.24) is 5.43 Å². The normalized spacial score (nSPS) is 13.5. The van der Waals surface area contributed by atoms with Crippen LogP contribution in [0.3, 0.4) is 0 Å². The SMILES string of the molecule is O=C(Cc1cc(Cl)cc(Cl)c1)Nc1ccc(C2=NNC(=O)OC2)cc1. The van der Waals surface area contributed by atoms with Gasteiger partial charge in [-0.25, -0.2) is 10.2 Å². The van der Waals surface area contributed by atoms with Gasteiger partial charge in [0.05, 0.1) is 6.42 Å². The number of hydrogen-bond acceptors (Lipinski definition) is 4. The minimum absolute atomic E-state index is 0.104. The molecule has 3 rings (SSSR count). The molecule has 0 spiro atoms. The van der Waals surface area contributed by atoms with Crippen LogP contribution in [0.1, 0.15) is 11.1 Å². The van der Waals surface area contributed by atoms with Crippen LogP contribution in [0.25, 0.3) is 0 Å². The van der Waals surface area contributed by atoms with Gasteiger partial charge in [0.15, 0.2) is 0 Å². The minimum Gasteiger partial charge on any atom is -0.442 e. The molecular formula is C17H13Cl2N3O3. The highest BCUT2D eigenvalue weighted by Crippen LogP contribution is 2.20. The number of amides is 2. The summed E-state index contributed by atoms with van der Waals surface area (Å²) in [6.07, 6.45) is -0.414. The molecule has 0 radical (unpaired) electrons. The molecule has 2 aromatic rings. The summed E-state index contributed by atoms with van der Waals surface area (Å²) in [6, 6.07) is 12.1. The molecule has 0 atom stereocenters. The second kappa shape index (κ2) is 7.55. The maximum Gasteiger partial charge on any atom is 0.428 e. The van der Waals surface area contributed by atoms with E-state index in [0.717, 1.165) is 11.1 Å². The molecule has 1 aliphatic rings. The summed E-state index contributed by atoms with van der Waals surface area (Å²) in [4.78, 5) is 23.0. The van der Waals surface area contributed by atoms with Crippen molar-refractivity contribution in [2.45, 2.75) is 6.42 Å². The van der Waals surface area contributed by atoms with Gasteiger partial charge >= 0.3 is 6.09 Å². The molecule has 2 aromatic carbocycles. The van der Waals surface area contributed by atoms with E-state index < -0.39 is 6.09 Å². The van der Waals surface area contributed by atoms with E-state index in [-0.39, 0.29) is 18.9 Å². The lowest BCUT2D eigenvalue weighted by molar-refractivity contribution is -0.115. The van der Waals surface area contributed by atoms with Crippen molar-refractivity contribution in [2.24, 2.45) is 5.10 Å². The molecule has 0 aliphatic carbocycles. The molecular weight excluding hydrogens is 365 g/mol. The zero-order chi connectivity index (χ0) is 17.8.